The third kappa shape index (κ3) is 7.12. The molecule has 1 fully saturated rings. The number of ether oxygens (including phenoxy) is 3. The highest BCUT2D eigenvalue weighted by Gasteiger charge is 2.25. The van der Waals surface area contributed by atoms with Crippen LogP contribution < -0.4 is 24.8 Å². The van der Waals surface area contributed by atoms with Crippen molar-refractivity contribution in [2.24, 2.45) is 5.92 Å². The van der Waals surface area contributed by atoms with Gasteiger partial charge in [0.25, 0.3) is 0 Å². The van der Waals surface area contributed by atoms with Crippen molar-refractivity contribution < 1.29 is 23.8 Å². The minimum absolute atomic E-state index is 0.0122. The molecule has 1 heterocycles. The zero-order valence-electron chi connectivity index (χ0n) is 19.6. The first-order valence-corrected chi connectivity index (χ1v) is 11.2. The van der Waals surface area contributed by atoms with Crippen molar-refractivity contribution in [3.05, 3.63) is 48.0 Å². The second kappa shape index (κ2) is 12.1. The van der Waals surface area contributed by atoms with Gasteiger partial charge < -0.3 is 24.8 Å². The van der Waals surface area contributed by atoms with Gasteiger partial charge in [-0.2, -0.15) is 0 Å². The van der Waals surface area contributed by atoms with Gasteiger partial charge in [0, 0.05) is 18.5 Å². The molecule has 0 saturated carbocycles. The number of likely N-dealkylation sites (tertiary alicyclic amines) is 1. The molecule has 2 amide bonds. The highest BCUT2D eigenvalue weighted by molar-refractivity contribution is 5.93. The molecule has 2 aromatic rings. The van der Waals surface area contributed by atoms with Crippen LogP contribution >= 0.6 is 0 Å². The molecule has 0 unspecified atom stereocenters. The van der Waals surface area contributed by atoms with Crippen molar-refractivity contribution >= 4 is 17.5 Å². The monoisotopic (exact) mass is 455 g/mol. The summed E-state index contributed by atoms with van der Waals surface area (Å²) in [6, 6.07) is 13.1. The van der Waals surface area contributed by atoms with Crippen molar-refractivity contribution in [1.82, 2.24) is 10.2 Å². The third-order valence-corrected chi connectivity index (χ3v) is 5.88. The summed E-state index contributed by atoms with van der Waals surface area (Å²) in [5, 5.41) is 5.94. The Labute approximate surface area is 195 Å². The van der Waals surface area contributed by atoms with Gasteiger partial charge >= 0.3 is 0 Å². The third-order valence-electron chi connectivity index (χ3n) is 5.88. The van der Waals surface area contributed by atoms with E-state index < -0.39 is 0 Å². The van der Waals surface area contributed by atoms with Gasteiger partial charge in [0.2, 0.25) is 11.8 Å². The van der Waals surface area contributed by atoms with E-state index in [0.29, 0.717) is 36.8 Å². The highest BCUT2D eigenvalue weighted by Crippen LogP contribution is 2.29. The first-order chi connectivity index (χ1) is 16.0. The molecule has 0 atom stereocenters. The number of rotatable bonds is 10. The van der Waals surface area contributed by atoms with Crippen LogP contribution in [0.2, 0.25) is 0 Å². The fraction of sp³-hybridized carbons (Fsp3) is 0.440. The molecule has 1 saturated heterocycles. The average Bonchev–Trinajstić information content (AvgIpc) is 2.85. The molecule has 1 aliphatic rings. The number of hydrogen-bond donors (Lipinski definition) is 2. The van der Waals surface area contributed by atoms with Crippen LogP contribution in [0, 0.1) is 5.92 Å². The molecule has 178 valence electrons. The summed E-state index contributed by atoms with van der Waals surface area (Å²) in [6.45, 7) is 2.31. The molecule has 8 nitrogen and oxygen atoms in total. The van der Waals surface area contributed by atoms with E-state index in [-0.39, 0.29) is 24.3 Å². The van der Waals surface area contributed by atoms with Crippen molar-refractivity contribution in [3.8, 4) is 17.2 Å². The van der Waals surface area contributed by atoms with Crippen LogP contribution in [0.5, 0.6) is 17.2 Å². The number of methoxy groups -OCH3 is 3. The molecule has 8 heteroatoms. The molecule has 2 N–H and O–H groups in total. The summed E-state index contributed by atoms with van der Waals surface area (Å²) in [5.74, 6) is 2.01. The van der Waals surface area contributed by atoms with Crippen LogP contribution in [-0.4, -0.2) is 64.2 Å². The lowest BCUT2D eigenvalue weighted by molar-refractivity contribution is -0.126. The minimum Gasteiger partial charge on any atom is -0.497 e. The zero-order chi connectivity index (χ0) is 23.6. The number of carbonyl (C=O) groups is 2. The van der Waals surface area contributed by atoms with Crippen LogP contribution in [0.4, 0.5) is 5.69 Å². The Morgan fingerprint density at radius 2 is 1.61 bits per heavy atom. The Balaban J connectivity index is 1.38. The molecule has 0 bridgehead atoms. The van der Waals surface area contributed by atoms with Gasteiger partial charge in [0.05, 0.1) is 33.6 Å². The van der Waals surface area contributed by atoms with E-state index in [9.17, 15) is 9.59 Å². The van der Waals surface area contributed by atoms with E-state index >= 15 is 0 Å². The van der Waals surface area contributed by atoms with Gasteiger partial charge in [-0.25, -0.2) is 0 Å². The molecule has 1 aliphatic heterocycles. The Morgan fingerprint density at radius 3 is 2.24 bits per heavy atom. The minimum atomic E-state index is -0.110. The predicted molar refractivity (Wildman–Crippen MR) is 127 cm³/mol. The quantitative estimate of drug-likeness (QED) is 0.573. The van der Waals surface area contributed by atoms with Gasteiger partial charge in [-0.3, -0.25) is 14.5 Å². The summed E-state index contributed by atoms with van der Waals surface area (Å²) in [4.78, 5) is 27.1. The van der Waals surface area contributed by atoms with Crippen molar-refractivity contribution in [2.45, 2.75) is 19.3 Å². The molecular formula is C25H33N3O5. The standard InChI is InChI=1S/C25H33N3O5/c1-31-20-6-4-18(5-7-20)10-13-26-25(30)19-11-14-28(15-12-19)17-24(29)27-22-9-8-21(32-2)16-23(22)33-3/h4-9,16,19H,10-15,17H2,1-3H3,(H,26,30)(H,27,29). The van der Waals surface area contributed by atoms with Gasteiger partial charge in [-0.05, 0) is 62.2 Å². The van der Waals surface area contributed by atoms with Gasteiger partial charge in [-0.1, -0.05) is 12.1 Å². The maximum atomic E-state index is 12.5. The van der Waals surface area contributed by atoms with Gasteiger partial charge in [0.1, 0.15) is 17.2 Å². The lowest BCUT2D eigenvalue weighted by Crippen LogP contribution is -2.43. The number of benzene rings is 2. The number of piperidine rings is 1. The number of carbonyl (C=O) groups excluding carboxylic acids is 2. The average molecular weight is 456 g/mol. The molecule has 3 rings (SSSR count). The van der Waals surface area contributed by atoms with Crippen molar-refractivity contribution in [1.29, 1.82) is 0 Å². The van der Waals surface area contributed by atoms with E-state index in [4.69, 9.17) is 14.2 Å². The number of anilines is 1. The summed E-state index contributed by atoms with van der Waals surface area (Å²) >= 11 is 0. The number of nitrogens with zero attached hydrogens (tertiary/aromatic N) is 1. The van der Waals surface area contributed by atoms with Crippen molar-refractivity contribution in [2.75, 3.05) is 52.8 Å². The molecular weight excluding hydrogens is 422 g/mol. The SMILES string of the molecule is COc1ccc(CCNC(=O)C2CCN(CC(=O)Nc3ccc(OC)cc3OC)CC2)cc1. The maximum Gasteiger partial charge on any atom is 0.238 e. The fourth-order valence-electron chi connectivity index (χ4n) is 3.91. The Kier molecular flexibility index (Phi) is 8.95. The van der Waals surface area contributed by atoms with Crippen LogP contribution in [0.3, 0.4) is 0 Å². The van der Waals surface area contributed by atoms with Gasteiger partial charge in [-0.15, -0.1) is 0 Å². The normalized spacial score (nSPS) is 14.4. The van der Waals surface area contributed by atoms with E-state index in [0.717, 1.165) is 30.6 Å². The molecule has 0 spiro atoms. The number of nitrogens with one attached hydrogen (secondary N) is 2. The lowest BCUT2D eigenvalue weighted by Gasteiger charge is -2.30. The number of hydrogen-bond acceptors (Lipinski definition) is 6. The first kappa shape index (κ1) is 24.4. The summed E-state index contributed by atoms with van der Waals surface area (Å²) < 4.78 is 15.7. The summed E-state index contributed by atoms with van der Waals surface area (Å²) in [7, 11) is 4.78. The smallest absolute Gasteiger partial charge is 0.238 e. The highest BCUT2D eigenvalue weighted by atomic mass is 16.5. The molecule has 0 aromatic heterocycles. The van der Waals surface area contributed by atoms with Crippen LogP contribution in [0.15, 0.2) is 42.5 Å². The Morgan fingerprint density at radius 1 is 0.939 bits per heavy atom. The molecule has 0 aliphatic carbocycles. The zero-order valence-corrected chi connectivity index (χ0v) is 19.6. The van der Waals surface area contributed by atoms with Crippen LogP contribution in [0.25, 0.3) is 0 Å². The predicted octanol–water partition coefficient (Wildman–Crippen LogP) is 2.72. The molecule has 33 heavy (non-hydrogen) atoms. The Hall–Kier alpha value is -3.26. The maximum absolute atomic E-state index is 12.5. The first-order valence-electron chi connectivity index (χ1n) is 11.2. The van der Waals surface area contributed by atoms with Crippen LogP contribution in [-0.2, 0) is 16.0 Å². The second-order valence-electron chi connectivity index (χ2n) is 8.05. The largest absolute Gasteiger partial charge is 0.497 e. The Bertz CT molecular complexity index is 924. The molecule has 2 aromatic carbocycles. The lowest BCUT2D eigenvalue weighted by atomic mass is 9.96. The summed E-state index contributed by atoms with van der Waals surface area (Å²) in [5.41, 5.74) is 1.76. The fourth-order valence-corrected chi connectivity index (χ4v) is 3.91. The van der Waals surface area contributed by atoms with E-state index in [2.05, 4.69) is 15.5 Å². The van der Waals surface area contributed by atoms with Crippen molar-refractivity contribution in [3.63, 3.8) is 0 Å². The van der Waals surface area contributed by atoms with E-state index in [1.165, 1.54) is 0 Å². The topological polar surface area (TPSA) is 89.1 Å². The molecule has 0 radical (unpaired) electrons. The van der Waals surface area contributed by atoms with Crippen LogP contribution in [0.1, 0.15) is 18.4 Å². The second-order valence-corrected chi connectivity index (χ2v) is 8.05. The van der Waals surface area contributed by atoms with Gasteiger partial charge in [0.15, 0.2) is 0 Å². The van der Waals surface area contributed by atoms with E-state index in [1.807, 2.05) is 24.3 Å². The van der Waals surface area contributed by atoms with E-state index in [1.54, 1.807) is 39.5 Å². The number of amides is 2. The summed E-state index contributed by atoms with van der Waals surface area (Å²) in [6.07, 6.45) is 2.27.